The Bertz CT molecular complexity index is 1090. The van der Waals surface area contributed by atoms with Crippen LogP contribution in [-0.2, 0) is 4.79 Å². The predicted octanol–water partition coefficient (Wildman–Crippen LogP) is 3.18. The molecule has 4 rings (SSSR count). The monoisotopic (exact) mass is 406 g/mol. The van der Waals surface area contributed by atoms with E-state index in [0.29, 0.717) is 26.2 Å². The fourth-order valence-corrected chi connectivity index (χ4v) is 3.64. The number of pyridine rings is 1. The number of piperazine rings is 1. The van der Waals surface area contributed by atoms with Crippen molar-refractivity contribution in [1.82, 2.24) is 9.88 Å². The summed E-state index contributed by atoms with van der Waals surface area (Å²) in [5.41, 5.74) is 1.99. The van der Waals surface area contributed by atoms with Crippen LogP contribution in [0.1, 0.15) is 5.56 Å². The fourth-order valence-electron chi connectivity index (χ4n) is 3.64. The second kappa shape index (κ2) is 8.36. The third-order valence-corrected chi connectivity index (χ3v) is 5.28. The van der Waals surface area contributed by atoms with Gasteiger partial charge in [-0.15, -0.1) is 0 Å². The summed E-state index contributed by atoms with van der Waals surface area (Å²) >= 11 is 0. The van der Waals surface area contributed by atoms with Gasteiger partial charge in [-0.1, -0.05) is 30.3 Å². The molecule has 1 saturated heterocycles. The van der Waals surface area contributed by atoms with Crippen LogP contribution in [0.4, 0.5) is 11.5 Å². The summed E-state index contributed by atoms with van der Waals surface area (Å²) in [6.07, 6.45) is 0. The minimum atomic E-state index is -0.517. The second-order valence-corrected chi connectivity index (χ2v) is 7.20. The van der Waals surface area contributed by atoms with Crippen molar-refractivity contribution in [2.24, 2.45) is 0 Å². The summed E-state index contributed by atoms with van der Waals surface area (Å²) in [5, 5.41) is 12.2. The van der Waals surface area contributed by atoms with Gasteiger partial charge in [0.2, 0.25) is 0 Å². The summed E-state index contributed by atoms with van der Waals surface area (Å²) in [5.74, 6) is 0.829. The number of ether oxygens (including phenoxy) is 1. The van der Waals surface area contributed by atoms with Crippen LogP contribution in [0.25, 0.3) is 10.9 Å². The number of hydrogen-bond donors (Lipinski definition) is 0. The van der Waals surface area contributed by atoms with Crippen molar-refractivity contribution in [1.29, 1.82) is 0 Å². The van der Waals surface area contributed by atoms with E-state index in [9.17, 15) is 14.9 Å². The van der Waals surface area contributed by atoms with Crippen molar-refractivity contribution in [3.63, 3.8) is 0 Å². The number of carbonyl (C=O) groups is 1. The first-order valence-corrected chi connectivity index (χ1v) is 9.78. The number of nitro benzene ring substituents is 1. The Labute approximate surface area is 173 Å². The lowest BCUT2D eigenvalue weighted by molar-refractivity contribution is -0.385. The zero-order valence-corrected chi connectivity index (χ0v) is 16.7. The van der Waals surface area contributed by atoms with Crippen molar-refractivity contribution in [2.75, 3.05) is 37.7 Å². The van der Waals surface area contributed by atoms with Crippen LogP contribution < -0.4 is 9.64 Å². The lowest BCUT2D eigenvalue weighted by atomic mass is 10.1. The van der Waals surface area contributed by atoms with E-state index in [1.54, 1.807) is 17.0 Å². The van der Waals surface area contributed by atoms with Gasteiger partial charge in [0.25, 0.3) is 5.91 Å². The topological polar surface area (TPSA) is 88.8 Å². The van der Waals surface area contributed by atoms with E-state index >= 15 is 0 Å². The standard InChI is InChI=1S/C22H22N4O4/c1-16-14-21(23-18-7-3-2-6-17(16)18)24-10-12-25(13-11-24)22(27)15-30-20-9-5-4-8-19(20)26(28)29/h2-9,14H,10-13,15H2,1H3. The molecule has 2 aromatic carbocycles. The molecule has 0 N–H and O–H groups in total. The van der Waals surface area contributed by atoms with E-state index in [-0.39, 0.29) is 24.0 Å². The number of para-hydroxylation sites is 3. The number of fused-ring (bicyclic) bond motifs is 1. The van der Waals surface area contributed by atoms with E-state index in [0.717, 1.165) is 16.7 Å². The van der Waals surface area contributed by atoms with Crippen LogP contribution in [0.2, 0.25) is 0 Å². The van der Waals surface area contributed by atoms with Crippen LogP contribution in [-0.4, -0.2) is 53.5 Å². The number of anilines is 1. The molecule has 154 valence electrons. The Morgan fingerprint density at radius 1 is 1.10 bits per heavy atom. The molecule has 1 aliphatic rings. The minimum Gasteiger partial charge on any atom is -0.477 e. The molecule has 1 aromatic heterocycles. The molecule has 0 radical (unpaired) electrons. The normalized spacial score (nSPS) is 14.0. The van der Waals surface area contributed by atoms with Crippen LogP contribution in [0.3, 0.4) is 0 Å². The van der Waals surface area contributed by atoms with Gasteiger partial charge in [0.15, 0.2) is 12.4 Å². The molecule has 0 unspecified atom stereocenters. The van der Waals surface area contributed by atoms with E-state index in [1.807, 2.05) is 18.2 Å². The Morgan fingerprint density at radius 3 is 2.57 bits per heavy atom. The number of carbonyl (C=O) groups excluding carboxylic acids is 1. The van der Waals surface area contributed by atoms with Gasteiger partial charge in [-0.05, 0) is 30.7 Å². The molecule has 0 bridgehead atoms. The first-order valence-electron chi connectivity index (χ1n) is 9.78. The van der Waals surface area contributed by atoms with Gasteiger partial charge < -0.3 is 14.5 Å². The number of aryl methyl sites for hydroxylation is 1. The van der Waals surface area contributed by atoms with Gasteiger partial charge >= 0.3 is 5.69 Å². The zero-order valence-electron chi connectivity index (χ0n) is 16.7. The Morgan fingerprint density at radius 2 is 1.80 bits per heavy atom. The molecule has 0 saturated carbocycles. The van der Waals surface area contributed by atoms with Crippen molar-refractivity contribution >= 4 is 28.3 Å². The predicted molar refractivity (Wildman–Crippen MR) is 114 cm³/mol. The van der Waals surface area contributed by atoms with E-state index in [1.165, 1.54) is 17.7 Å². The van der Waals surface area contributed by atoms with Crippen LogP contribution >= 0.6 is 0 Å². The van der Waals surface area contributed by atoms with Gasteiger partial charge in [0, 0.05) is 37.6 Å². The van der Waals surface area contributed by atoms with Crippen LogP contribution in [0, 0.1) is 17.0 Å². The van der Waals surface area contributed by atoms with Crippen molar-refractivity contribution in [2.45, 2.75) is 6.92 Å². The molecule has 0 spiro atoms. The summed E-state index contributed by atoms with van der Waals surface area (Å²) in [4.78, 5) is 31.7. The number of amides is 1. The highest BCUT2D eigenvalue weighted by Gasteiger charge is 2.23. The Hall–Kier alpha value is -3.68. The Kier molecular flexibility index (Phi) is 5.47. The van der Waals surface area contributed by atoms with E-state index in [4.69, 9.17) is 9.72 Å². The van der Waals surface area contributed by atoms with Crippen LogP contribution in [0.15, 0.2) is 54.6 Å². The highest BCUT2D eigenvalue weighted by molar-refractivity contribution is 5.84. The summed E-state index contributed by atoms with van der Waals surface area (Å²) < 4.78 is 5.43. The summed E-state index contributed by atoms with van der Waals surface area (Å²) in [7, 11) is 0. The molecule has 30 heavy (non-hydrogen) atoms. The molecular formula is C22H22N4O4. The number of nitrogens with zero attached hydrogens (tertiary/aromatic N) is 4. The first kappa shape index (κ1) is 19.6. The maximum Gasteiger partial charge on any atom is 0.310 e. The number of rotatable bonds is 5. The van der Waals surface area contributed by atoms with Gasteiger partial charge in [-0.2, -0.15) is 0 Å². The molecule has 1 amide bonds. The van der Waals surface area contributed by atoms with Crippen molar-refractivity contribution in [3.8, 4) is 5.75 Å². The number of nitro groups is 1. The second-order valence-electron chi connectivity index (χ2n) is 7.20. The summed E-state index contributed by atoms with van der Waals surface area (Å²) in [6, 6.07) is 16.2. The first-order chi connectivity index (χ1) is 14.5. The fraction of sp³-hybridized carbons (Fsp3) is 0.273. The van der Waals surface area contributed by atoms with Crippen molar-refractivity contribution in [3.05, 3.63) is 70.3 Å². The van der Waals surface area contributed by atoms with Gasteiger partial charge in [-0.3, -0.25) is 14.9 Å². The molecule has 0 aliphatic carbocycles. The highest BCUT2D eigenvalue weighted by Crippen LogP contribution is 2.26. The molecule has 3 aromatic rings. The average Bonchev–Trinajstić information content (AvgIpc) is 2.77. The molecule has 1 aliphatic heterocycles. The minimum absolute atomic E-state index is 0.102. The SMILES string of the molecule is Cc1cc(N2CCN(C(=O)COc3ccccc3[N+](=O)[O-])CC2)nc2ccccc12. The largest absolute Gasteiger partial charge is 0.477 e. The van der Waals surface area contributed by atoms with Gasteiger partial charge in [0.1, 0.15) is 5.82 Å². The average molecular weight is 406 g/mol. The van der Waals surface area contributed by atoms with E-state index in [2.05, 4.69) is 24.0 Å². The molecule has 8 nitrogen and oxygen atoms in total. The molecule has 1 fully saturated rings. The smallest absolute Gasteiger partial charge is 0.310 e. The third kappa shape index (κ3) is 4.03. The number of benzene rings is 2. The number of hydrogen-bond acceptors (Lipinski definition) is 6. The van der Waals surface area contributed by atoms with E-state index < -0.39 is 4.92 Å². The zero-order chi connectivity index (χ0) is 21.1. The molecular weight excluding hydrogens is 384 g/mol. The van der Waals surface area contributed by atoms with Gasteiger partial charge in [0.05, 0.1) is 10.4 Å². The molecule has 2 heterocycles. The highest BCUT2D eigenvalue weighted by atomic mass is 16.6. The molecule has 0 atom stereocenters. The lowest BCUT2D eigenvalue weighted by Gasteiger charge is -2.35. The number of aromatic nitrogens is 1. The van der Waals surface area contributed by atoms with Gasteiger partial charge in [-0.25, -0.2) is 4.98 Å². The maximum absolute atomic E-state index is 12.5. The van der Waals surface area contributed by atoms with Crippen LogP contribution in [0.5, 0.6) is 5.75 Å². The summed E-state index contributed by atoms with van der Waals surface area (Å²) in [6.45, 7) is 4.29. The quantitative estimate of drug-likeness (QED) is 0.478. The Balaban J connectivity index is 1.37. The maximum atomic E-state index is 12.5. The van der Waals surface area contributed by atoms with Crippen molar-refractivity contribution < 1.29 is 14.5 Å². The molecule has 8 heteroatoms. The third-order valence-electron chi connectivity index (χ3n) is 5.28. The lowest BCUT2D eigenvalue weighted by Crippen LogP contribution is -2.50.